The Morgan fingerprint density at radius 1 is 1.41 bits per heavy atom. The molecule has 3 rings (SSSR count). The first-order valence-corrected chi connectivity index (χ1v) is 7.45. The summed E-state index contributed by atoms with van der Waals surface area (Å²) in [4.78, 5) is 12.2. The Balaban J connectivity index is 1.62. The molecule has 1 aliphatic rings. The zero-order chi connectivity index (χ0) is 15.5. The Morgan fingerprint density at radius 3 is 2.95 bits per heavy atom. The minimum Gasteiger partial charge on any atom is -0.387 e. The van der Waals surface area contributed by atoms with E-state index in [0.717, 1.165) is 35.3 Å². The molecule has 0 aliphatic carbocycles. The lowest BCUT2D eigenvalue weighted by Gasteiger charge is -2.14. The molecule has 6 heteroatoms. The van der Waals surface area contributed by atoms with E-state index in [1.54, 1.807) is 0 Å². The molecule has 0 radical (unpaired) electrons. The van der Waals surface area contributed by atoms with Crippen molar-refractivity contribution in [2.75, 3.05) is 13.1 Å². The van der Waals surface area contributed by atoms with Crippen molar-refractivity contribution < 1.29 is 9.90 Å². The van der Waals surface area contributed by atoms with Gasteiger partial charge in [-0.3, -0.25) is 9.89 Å². The summed E-state index contributed by atoms with van der Waals surface area (Å²) in [6.45, 7) is 3.70. The molecule has 2 aromatic rings. The van der Waals surface area contributed by atoms with Crippen LogP contribution in [0.2, 0.25) is 0 Å². The molecule has 4 N–H and O–H groups in total. The minimum atomic E-state index is -0.725. The fourth-order valence-corrected chi connectivity index (χ4v) is 2.59. The number of aromatic nitrogens is 2. The highest BCUT2D eigenvalue weighted by Crippen LogP contribution is 2.16. The SMILES string of the molecule is Cc1ccc(C(O)CNC(=O)c2n[nH]c3c2CNCC3)cc1. The molecule has 22 heavy (non-hydrogen) atoms. The van der Waals surface area contributed by atoms with E-state index >= 15 is 0 Å². The van der Waals surface area contributed by atoms with E-state index in [0.29, 0.717) is 12.2 Å². The molecule has 1 atom stereocenters. The number of aliphatic hydroxyl groups excluding tert-OH is 1. The van der Waals surface area contributed by atoms with Crippen molar-refractivity contribution in [3.63, 3.8) is 0 Å². The zero-order valence-electron chi connectivity index (χ0n) is 12.5. The van der Waals surface area contributed by atoms with Crippen molar-refractivity contribution >= 4 is 5.91 Å². The lowest BCUT2D eigenvalue weighted by Crippen LogP contribution is -2.31. The lowest BCUT2D eigenvalue weighted by atomic mass is 10.1. The van der Waals surface area contributed by atoms with Crippen molar-refractivity contribution in [3.8, 4) is 0 Å². The summed E-state index contributed by atoms with van der Waals surface area (Å²) in [6.07, 6.45) is 0.124. The molecule has 1 unspecified atom stereocenters. The number of hydrogen-bond acceptors (Lipinski definition) is 4. The van der Waals surface area contributed by atoms with Gasteiger partial charge < -0.3 is 15.7 Å². The highest BCUT2D eigenvalue weighted by Gasteiger charge is 2.21. The van der Waals surface area contributed by atoms with Gasteiger partial charge in [-0.05, 0) is 12.5 Å². The van der Waals surface area contributed by atoms with Crippen LogP contribution in [0.25, 0.3) is 0 Å². The quantitative estimate of drug-likeness (QED) is 0.673. The zero-order valence-corrected chi connectivity index (χ0v) is 12.5. The number of rotatable bonds is 4. The molecule has 1 aliphatic heterocycles. The molecule has 0 saturated heterocycles. The minimum absolute atomic E-state index is 0.164. The summed E-state index contributed by atoms with van der Waals surface area (Å²) in [6, 6.07) is 7.62. The number of carbonyl (C=O) groups excluding carboxylic acids is 1. The summed E-state index contributed by atoms with van der Waals surface area (Å²) in [5, 5.41) is 23.1. The monoisotopic (exact) mass is 300 g/mol. The van der Waals surface area contributed by atoms with Gasteiger partial charge >= 0.3 is 0 Å². The molecular formula is C16H20N4O2. The van der Waals surface area contributed by atoms with E-state index in [1.807, 2.05) is 31.2 Å². The fraction of sp³-hybridized carbons (Fsp3) is 0.375. The summed E-state index contributed by atoms with van der Waals surface area (Å²) < 4.78 is 0. The number of aliphatic hydroxyl groups is 1. The van der Waals surface area contributed by atoms with Gasteiger partial charge in [0.1, 0.15) is 0 Å². The van der Waals surface area contributed by atoms with E-state index < -0.39 is 6.10 Å². The molecule has 116 valence electrons. The standard InChI is InChI=1S/C16H20N4O2/c1-10-2-4-11(5-3-10)14(21)9-18-16(22)15-12-8-17-7-6-13(12)19-20-15/h2-5,14,17,21H,6-9H2,1H3,(H,18,22)(H,19,20). The number of H-pyrrole nitrogens is 1. The van der Waals surface area contributed by atoms with E-state index in [1.165, 1.54) is 0 Å². The van der Waals surface area contributed by atoms with E-state index in [9.17, 15) is 9.90 Å². The van der Waals surface area contributed by atoms with Crippen molar-refractivity contribution in [3.05, 3.63) is 52.3 Å². The Kier molecular flexibility index (Phi) is 4.22. The van der Waals surface area contributed by atoms with Gasteiger partial charge in [0.25, 0.3) is 5.91 Å². The third kappa shape index (κ3) is 3.03. The molecular weight excluding hydrogens is 280 g/mol. The maximum absolute atomic E-state index is 12.2. The number of aromatic amines is 1. The van der Waals surface area contributed by atoms with E-state index in [4.69, 9.17) is 0 Å². The van der Waals surface area contributed by atoms with Crippen LogP contribution in [0.3, 0.4) is 0 Å². The smallest absolute Gasteiger partial charge is 0.272 e. The third-order valence-corrected chi connectivity index (χ3v) is 3.94. The Bertz CT molecular complexity index is 663. The molecule has 0 fully saturated rings. The van der Waals surface area contributed by atoms with E-state index in [2.05, 4.69) is 20.8 Å². The van der Waals surface area contributed by atoms with Crippen molar-refractivity contribution in [2.24, 2.45) is 0 Å². The van der Waals surface area contributed by atoms with Gasteiger partial charge in [-0.25, -0.2) is 0 Å². The van der Waals surface area contributed by atoms with Crippen LogP contribution in [0.4, 0.5) is 0 Å². The topological polar surface area (TPSA) is 90.0 Å². The Morgan fingerprint density at radius 2 is 2.18 bits per heavy atom. The van der Waals surface area contributed by atoms with Crippen LogP contribution in [0.15, 0.2) is 24.3 Å². The van der Waals surface area contributed by atoms with Crippen LogP contribution in [0, 0.1) is 6.92 Å². The van der Waals surface area contributed by atoms with Gasteiger partial charge in [-0.15, -0.1) is 0 Å². The van der Waals surface area contributed by atoms with Gasteiger partial charge in [-0.2, -0.15) is 5.10 Å². The molecule has 2 heterocycles. The molecule has 0 saturated carbocycles. The molecule has 6 nitrogen and oxygen atoms in total. The highest BCUT2D eigenvalue weighted by atomic mass is 16.3. The number of aryl methyl sites for hydroxylation is 1. The number of nitrogens with zero attached hydrogens (tertiary/aromatic N) is 1. The number of nitrogens with one attached hydrogen (secondary N) is 3. The van der Waals surface area contributed by atoms with E-state index in [-0.39, 0.29) is 12.5 Å². The average Bonchev–Trinajstić information content (AvgIpc) is 2.97. The van der Waals surface area contributed by atoms with Crippen LogP contribution < -0.4 is 10.6 Å². The number of fused-ring (bicyclic) bond motifs is 1. The highest BCUT2D eigenvalue weighted by molar-refractivity contribution is 5.94. The largest absolute Gasteiger partial charge is 0.387 e. The lowest BCUT2D eigenvalue weighted by molar-refractivity contribution is 0.0910. The van der Waals surface area contributed by atoms with Gasteiger partial charge in [-0.1, -0.05) is 29.8 Å². The summed E-state index contributed by atoms with van der Waals surface area (Å²) >= 11 is 0. The van der Waals surface area contributed by atoms with Gasteiger partial charge in [0.2, 0.25) is 0 Å². The molecule has 0 spiro atoms. The maximum Gasteiger partial charge on any atom is 0.272 e. The van der Waals surface area contributed by atoms with Crippen LogP contribution in [-0.2, 0) is 13.0 Å². The normalized spacial score (nSPS) is 15.2. The van der Waals surface area contributed by atoms with Gasteiger partial charge in [0, 0.05) is 37.3 Å². The number of carbonyl (C=O) groups is 1. The maximum atomic E-state index is 12.2. The van der Waals surface area contributed by atoms with Crippen LogP contribution in [0.1, 0.15) is 39.0 Å². The molecule has 1 aromatic heterocycles. The van der Waals surface area contributed by atoms with Crippen LogP contribution in [0.5, 0.6) is 0 Å². The summed E-state index contributed by atoms with van der Waals surface area (Å²) in [5.74, 6) is -0.257. The van der Waals surface area contributed by atoms with Crippen LogP contribution >= 0.6 is 0 Å². The van der Waals surface area contributed by atoms with Gasteiger partial charge in [0.15, 0.2) is 5.69 Å². The molecule has 0 bridgehead atoms. The first-order chi connectivity index (χ1) is 10.6. The third-order valence-electron chi connectivity index (χ3n) is 3.94. The Hall–Kier alpha value is -2.18. The molecule has 1 amide bonds. The average molecular weight is 300 g/mol. The first-order valence-electron chi connectivity index (χ1n) is 7.45. The summed E-state index contributed by atoms with van der Waals surface area (Å²) in [7, 11) is 0. The first kappa shape index (κ1) is 14.7. The predicted octanol–water partition coefficient (Wildman–Crippen LogP) is 0.827. The number of hydrogen-bond donors (Lipinski definition) is 4. The molecule has 1 aromatic carbocycles. The second kappa shape index (κ2) is 6.29. The second-order valence-corrected chi connectivity index (χ2v) is 5.59. The van der Waals surface area contributed by atoms with Crippen molar-refractivity contribution in [1.82, 2.24) is 20.8 Å². The van der Waals surface area contributed by atoms with Gasteiger partial charge in [0.05, 0.1) is 6.10 Å². The number of amides is 1. The predicted molar refractivity (Wildman–Crippen MR) is 82.5 cm³/mol. The second-order valence-electron chi connectivity index (χ2n) is 5.59. The summed E-state index contributed by atoms with van der Waals surface area (Å²) in [5.41, 5.74) is 4.28. The fourth-order valence-electron chi connectivity index (χ4n) is 2.59. The van der Waals surface area contributed by atoms with Crippen molar-refractivity contribution in [2.45, 2.75) is 26.0 Å². The van der Waals surface area contributed by atoms with Crippen molar-refractivity contribution in [1.29, 1.82) is 0 Å². The number of benzene rings is 1. The van der Waals surface area contributed by atoms with Crippen LogP contribution in [-0.4, -0.2) is 34.3 Å². The Labute approximate surface area is 128 Å².